The number of aromatic nitrogens is 2. The van der Waals surface area contributed by atoms with E-state index >= 15 is 0 Å². The minimum atomic E-state index is -0.189. The number of amides is 1. The van der Waals surface area contributed by atoms with Crippen molar-refractivity contribution in [3.05, 3.63) is 70.7 Å². The zero-order valence-corrected chi connectivity index (χ0v) is 14.8. The molecule has 2 aromatic carbocycles. The molecule has 0 aliphatic carbocycles. The van der Waals surface area contributed by atoms with Gasteiger partial charge in [0.1, 0.15) is 5.75 Å². The van der Waals surface area contributed by atoms with Crippen molar-refractivity contribution in [3.8, 4) is 5.75 Å². The molecule has 1 aromatic heterocycles. The van der Waals surface area contributed by atoms with Crippen LogP contribution in [0.1, 0.15) is 12.5 Å². The lowest BCUT2D eigenvalue weighted by atomic mass is 10.1. The Morgan fingerprint density at radius 1 is 1.19 bits per heavy atom. The number of carbonyl (C=O) groups excluding carboxylic acids is 1. The van der Waals surface area contributed by atoms with Crippen LogP contribution in [0.4, 0.5) is 0 Å². The Morgan fingerprint density at radius 2 is 1.92 bits per heavy atom. The smallest absolute Gasteiger partial charge is 0.326 e. The SMILES string of the molecule is COc1ccc(/C(C)=C/C(=O)NCCn2c(=O)[nH]c3ccccc32)cc1. The highest BCUT2D eigenvalue weighted by molar-refractivity contribution is 5.94. The topological polar surface area (TPSA) is 76.1 Å². The molecule has 0 fully saturated rings. The van der Waals surface area contributed by atoms with Gasteiger partial charge in [-0.1, -0.05) is 24.3 Å². The monoisotopic (exact) mass is 351 g/mol. The number of rotatable bonds is 6. The summed E-state index contributed by atoms with van der Waals surface area (Å²) in [4.78, 5) is 26.9. The third-order valence-corrected chi connectivity index (χ3v) is 4.21. The van der Waals surface area contributed by atoms with Crippen molar-refractivity contribution in [2.75, 3.05) is 13.7 Å². The number of fused-ring (bicyclic) bond motifs is 1. The maximum absolute atomic E-state index is 12.1. The van der Waals surface area contributed by atoms with Crippen LogP contribution in [0.3, 0.4) is 0 Å². The third kappa shape index (κ3) is 3.85. The molecular weight excluding hydrogens is 330 g/mol. The van der Waals surface area contributed by atoms with Crippen molar-refractivity contribution in [2.24, 2.45) is 0 Å². The molecule has 0 radical (unpaired) electrons. The Balaban J connectivity index is 1.61. The molecule has 0 atom stereocenters. The van der Waals surface area contributed by atoms with E-state index in [2.05, 4.69) is 10.3 Å². The van der Waals surface area contributed by atoms with E-state index in [4.69, 9.17) is 4.74 Å². The molecule has 1 amide bonds. The molecule has 0 spiro atoms. The Labute approximate surface area is 151 Å². The number of allylic oxidation sites excluding steroid dienone is 1. The second-order valence-corrected chi connectivity index (χ2v) is 5.95. The maximum Gasteiger partial charge on any atom is 0.326 e. The van der Waals surface area contributed by atoms with Crippen LogP contribution in [-0.2, 0) is 11.3 Å². The summed E-state index contributed by atoms with van der Waals surface area (Å²) in [6.45, 7) is 2.66. The van der Waals surface area contributed by atoms with Crippen LogP contribution < -0.4 is 15.7 Å². The van der Waals surface area contributed by atoms with E-state index in [9.17, 15) is 9.59 Å². The molecule has 2 N–H and O–H groups in total. The number of hydrogen-bond acceptors (Lipinski definition) is 3. The van der Waals surface area contributed by atoms with Gasteiger partial charge in [0.25, 0.3) is 0 Å². The predicted molar refractivity (Wildman–Crippen MR) is 102 cm³/mol. The van der Waals surface area contributed by atoms with Crippen LogP contribution in [-0.4, -0.2) is 29.1 Å². The molecule has 1 heterocycles. The zero-order chi connectivity index (χ0) is 18.5. The van der Waals surface area contributed by atoms with Crippen LogP contribution in [0.5, 0.6) is 5.75 Å². The lowest BCUT2D eigenvalue weighted by Crippen LogP contribution is -2.29. The number of benzene rings is 2. The number of carbonyl (C=O) groups is 1. The van der Waals surface area contributed by atoms with Crippen LogP contribution >= 0.6 is 0 Å². The van der Waals surface area contributed by atoms with Gasteiger partial charge in [0.2, 0.25) is 5.91 Å². The van der Waals surface area contributed by atoms with E-state index in [1.165, 1.54) is 0 Å². The molecule has 0 aliphatic heterocycles. The van der Waals surface area contributed by atoms with Crippen LogP contribution in [0, 0.1) is 0 Å². The second-order valence-electron chi connectivity index (χ2n) is 5.95. The molecule has 134 valence electrons. The van der Waals surface area contributed by atoms with Gasteiger partial charge in [-0.3, -0.25) is 9.36 Å². The molecule has 26 heavy (non-hydrogen) atoms. The fraction of sp³-hybridized carbons (Fsp3) is 0.200. The molecule has 3 rings (SSSR count). The molecular formula is C20H21N3O3. The largest absolute Gasteiger partial charge is 0.497 e. The average molecular weight is 351 g/mol. The summed E-state index contributed by atoms with van der Waals surface area (Å²) in [7, 11) is 1.62. The van der Waals surface area contributed by atoms with Gasteiger partial charge in [0.15, 0.2) is 0 Å². The minimum absolute atomic E-state index is 0.176. The number of nitrogens with zero attached hydrogens (tertiary/aromatic N) is 1. The van der Waals surface area contributed by atoms with Crippen LogP contribution in [0.25, 0.3) is 16.6 Å². The molecule has 0 aliphatic rings. The Morgan fingerprint density at radius 3 is 2.65 bits per heavy atom. The normalized spacial score (nSPS) is 11.5. The number of H-pyrrole nitrogens is 1. The molecule has 6 heteroatoms. The van der Waals surface area contributed by atoms with Gasteiger partial charge in [-0.15, -0.1) is 0 Å². The lowest BCUT2D eigenvalue weighted by molar-refractivity contribution is -0.116. The second kappa shape index (κ2) is 7.74. The first kappa shape index (κ1) is 17.5. The van der Waals surface area contributed by atoms with Crippen molar-refractivity contribution >= 4 is 22.5 Å². The summed E-state index contributed by atoms with van der Waals surface area (Å²) in [5.41, 5.74) is 3.25. The van der Waals surface area contributed by atoms with E-state index in [-0.39, 0.29) is 11.6 Å². The number of aromatic amines is 1. The predicted octanol–water partition coefficient (Wildman–Crippen LogP) is 2.56. The number of hydrogen-bond donors (Lipinski definition) is 2. The quantitative estimate of drug-likeness (QED) is 0.670. The minimum Gasteiger partial charge on any atom is -0.497 e. The summed E-state index contributed by atoms with van der Waals surface area (Å²) in [6.07, 6.45) is 1.56. The number of ether oxygens (including phenoxy) is 1. The maximum atomic E-state index is 12.1. The van der Waals surface area contributed by atoms with E-state index < -0.39 is 0 Å². The van der Waals surface area contributed by atoms with E-state index in [0.29, 0.717) is 13.1 Å². The summed E-state index contributed by atoms with van der Waals surface area (Å²) >= 11 is 0. The summed E-state index contributed by atoms with van der Waals surface area (Å²) in [6, 6.07) is 15.0. The zero-order valence-electron chi connectivity index (χ0n) is 14.8. The van der Waals surface area contributed by atoms with E-state index in [0.717, 1.165) is 27.9 Å². The Kier molecular flexibility index (Phi) is 5.22. The molecule has 0 saturated carbocycles. The molecule has 6 nitrogen and oxygen atoms in total. The number of nitrogens with one attached hydrogen (secondary N) is 2. The lowest BCUT2D eigenvalue weighted by Gasteiger charge is -2.06. The van der Waals surface area contributed by atoms with Gasteiger partial charge in [-0.05, 0) is 42.3 Å². The standard InChI is InChI=1S/C20H21N3O3/c1-14(15-7-9-16(26-2)10-8-15)13-19(24)21-11-12-23-18-6-4-3-5-17(18)22-20(23)25/h3-10,13H,11-12H2,1-2H3,(H,21,24)(H,22,25)/b14-13+. The molecule has 0 unspecified atom stereocenters. The summed E-state index contributed by atoms with van der Waals surface area (Å²) < 4.78 is 6.75. The first-order valence-electron chi connectivity index (χ1n) is 8.36. The van der Waals surface area contributed by atoms with E-state index in [1.807, 2.05) is 55.5 Å². The summed E-state index contributed by atoms with van der Waals surface area (Å²) in [5.74, 6) is 0.585. The van der Waals surface area contributed by atoms with Gasteiger partial charge in [-0.2, -0.15) is 0 Å². The average Bonchev–Trinajstić information content (AvgIpc) is 2.97. The van der Waals surface area contributed by atoms with Crippen molar-refractivity contribution < 1.29 is 9.53 Å². The molecule has 0 saturated heterocycles. The first-order valence-corrected chi connectivity index (χ1v) is 8.36. The highest BCUT2D eigenvalue weighted by atomic mass is 16.5. The van der Waals surface area contributed by atoms with Crippen molar-refractivity contribution in [1.29, 1.82) is 0 Å². The Hall–Kier alpha value is -3.28. The third-order valence-electron chi connectivity index (χ3n) is 4.21. The number of imidazole rings is 1. The van der Waals surface area contributed by atoms with Gasteiger partial charge in [0.05, 0.1) is 18.1 Å². The van der Waals surface area contributed by atoms with Crippen molar-refractivity contribution in [1.82, 2.24) is 14.9 Å². The van der Waals surface area contributed by atoms with Gasteiger partial charge in [0, 0.05) is 19.2 Å². The van der Waals surface area contributed by atoms with Gasteiger partial charge in [-0.25, -0.2) is 4.79 Å². The van der Waals surface area contributed by atoms with Crippen LogP contribution in [0.2, 0.25) is 0 Å². The van der Waals surface area contributed by atoms with Crippen molar-refractivity contribution in [2.45, 2.75) is 13.5 Å². The number of para-hydroxylation sites is 2. The Bertz CT molecular complexity index is 997. The van der Waals surface area contributed by atoms with E-state index in [1.54, 1.807) is 17.8 Å². The van der Waals surface area contributed by atoms with Gasteiger partial charge >= 0.3 is 5.69 Å². The van der Waals surface area contributed by atoms with Crippen LogP contribution in [0.15, 0.2) is 59.4 Å². The highest BCUT2D eigenvalue weighted by Gasteiger charge is 2.06. The summed E-state index contributed by atoms with van der Waals surface area (Å²) in [5, 5.41) is 2.82. The first-order chi connectivity index (χ1) is 12.6. The van der Waals surface area contributed by atoms with Gasteiger partial charge < -0.3 is 15.0 Å². The number of methoxy groups -OCH3 is 1. The van der Waals surface area contributed by atoms with Crippen molar-refractivity contribution in [3.63, 3.8) is 0 Å². The molecule has 3 aromatic rings. The fourth-order valence-electron chi connectivity index (χ4n) is 2.80. The highest BCUT2D eigenvalue weighted by Crippen LogP contribution is 2.17. The fourth-order valence-corrected chi connectivity index (χ4v) is 2.80. The molecule has 0 bridgehead atoms.